The zero-order chi connectivity index (χ0) is 15.7. The van der Waals surface area contributed by atoms with Crippen LogP contribution in [0.5, 0.6) is 0 Å². The normalized spacial score (nSPS) is 4.56. The number of hydrogen-bond acceptors (Lipinski definition) is 0. The van der Waals surface area contributed by atoms with Crippen LogP contribution in [-0.2, 0) is 40.6 Å². The molecule has 0 heterocycles. The van der Waals surface area contributed by atoms with Crippen LogP contribution in [0.3, 0.4) is 0 Å². The van der Waals surface area contributed by atoms with Crippen molar-refractivity contribution < 1.29 is 40.6 Å². The van der Waals surface area contributed by atoms with Crippen LogP contribution >= 0.6 is 7.92 Å². The summed E-state index contributed by atoms with van der Waals surface area (Å²) in [4.78, 5) is 0. The summed E-state index contributed by atoms with van der Waals surface area (Å²) >= 11 is 0. The SMILES string of the molecule is CCP(CC)CC.[C-]#[O+].[C-]#[O+].[C-]#[O+].[C-]#[O+].[C-]#[O+].[Cr]. The summed E-state index contributed by atoms with van der Waals surface area (Å²) in [6.45, 7) is 29.4. The fourth-order valence-electron chi connectivity index (χ4n) is 0.671. The minimum Gasteiger partial charge on any atom is 0 e. The molecule has 0 aliphatic carbocycles. The molecule has 0 aliphatic heterocycles. The molecule has 0 aromatic heterocycles. The van der Waals surface area contributed by atoms with Crippen molar-refractivity contribution in [1.29, 1.82) is 0 Å². The Morgan fingerprint density at radius 2 is 0.667 bits per heavy atom. The number of rotatable bonds is 3. The van der Waals surface area contributed by atoms with Crippen LogP contribution in [0.1, 0.15) is 20.8 Å². The predicted octanol–water partition coefficient (Wildman–Crippen LogP) is 2.34. The first-order chi connectivity index (χ1) is 8.35. The van der Waals surface area contributed by atoms with Crippen LogP contribution in [0.25, 0.3) is 0 Å². The van der Waals surface area contributed by atoms with E-state index in [1.165, 1.54) is 18.5 Å². The molecule has 0 N–H and O–H groups in total. The first-order valence-corrected chi connectivity index (χ1v) is 5.99. The van der Waals surface area contributed by atoms with Crippen molar-refractivity contribution in [3.63, 3.8) is 0 Å². The van der Waals surface area contributed by atoms with Gasteiger partial charge in [0, 0.05) is 17.4 Å². The monoisotopic (exact) mass is 310 g/mol. The van der Waals surface area contributed by atoms with E-state index in [1.54, 1.807) is 0 Å². The first kappa shape index (κ1) is 43.1. The van der Waals surface area contributed by atoms with Gasteiger partial charge in [0.1, 0.15) is 0 Å². The zero-order valence-electron chi connectivity index (χ0n) is 10.5. The number of hydrogen-bond donors (Lipinski definition) is 0. The average molecular weight is 310 g/mol. The molecule has 0 amide bonds. The van der Waals surface area contributed by atoms with E-state index in [4.69, 9.17) is 23.3 Å². The molecule has 100 valence electrons. The van der Waals surface area contributed by atoms with E-state index in [2.05, 4.69) is 54.0 Å². The molecular weight excluding hydrogens is 295 g/mol. The Kier molecular flexibility index (Phi) is 305. The van der Waals surface area contributed by atoms with Gasteiger partial charge in [0.05, 0.1) is 0 Å². The summed E-state index contributed by atoms with van der Waals surface area (Å²) < 4.78 is 37.5. The molecule has 7 heteroatoms. The summed E-state index contributed by atoms with van der Waals surface area (Å²) in [5.74, 6) is 0. The maximum absolute atomic E-state index is 7.50. The maximum Gasteiger partial charge on any atom is 0 e. The molecule has 5 nitrogen and oxygen atoms in total. The van der Waals surface area contributed by atoms with Gasteiger partial charge in [-0.25, -0.2) is 0 Å². The molecule has 0 aliphatic rings. The molecule has 0 bridgehead atoms. The second kappa shape index (κ2) is 127. The summed E-state index contributed by atoms with van der Waals surface area (Å²) in [7, 11) is 0.446. The molecular formula is C11H15CrO5P. The van der Waals surface area contributed by atoms with Crippen LogP contribution in [0.2, 0.25) is 0 Å². The molecule has 0 saturated heterocycles. The van der Waals surface area contributed by atoms with Crippen molar-refractivity contribution in [2.24, 2.45) is 0 Å². The van der Waals surface area contributed by atoms with Crippen LogP contribution in [0.15, 0.2) is 0 Å². The van der Waals surface area contributed by atoms with E-state index >= 15 is 0 Å². The summed E-state index contributed by atoms with van der Waals surface area (Å²) in [6, 6.07) is 0. The molecule has 0 radical (unpaired) electrons. The third kappa shape index (κ3) is 105. The van der Waals surface area contributed by atoms with Crippen LogP contribution < -0.4 is 0 Å². The zero-order valence-corrected chi connectivity index (χ0v) is 12.7. The van der Waals surface area contributed by atoms with Crippen molar-refractivity contribution in [2.45, 2.75) is 20.8 Å². The minimum absolute atomic E-state index is 0. The summed E-state index contributed by atoms with van der Waals surface area (Å²) in [5, 5.41) is 0. The fourth-order valence-corrected chi connectivity index (χ4v) is 2.01. The van der Waals surface area contributed by atoms with Crippen LogP contribution in [-0.4, -0.2) is 18.5 Å². The van der Waals surface area contributed by atoms with E-state index in [-0.39, 0.29) is 17.4 Å². The largest absolute Gasteiger partial charge is 0 e. The Bertz CT molecular complexity index is 142. The van der Waals surface area contributed by atoms with Crippen molar-refractivity contribution in [1.82, 2.24) is 0 Å². The quantitative estimate of drug-likeness (QED) is 0.434. The van der Waals surface area contributed by atoms with E-state index in [0.717, 1.165) is 0 Å². The van der Waals surface area contributed by atoms with E-state index < -0.39 is 0 Å². The van der Waals surface area contributed by atoms with Crippen molar-refractivity contribution in [3.05, 3.63) is 33.3 Å². The van der Waals surface area contributed by atoms with Gasteiger partial charge in [0.2, 0.25) is 0 Å². The fraction of sp³-hybridized carbons (Fsp3) is 0.545. The second-order valence-corrected chi connectivity index (χ2v) is 4.86. The Hall–Kier alpha value is -0.338. The predicted molar refractivity (Wildman–Crippen MR) is 58.2 cm³/mol. The molecule has 0 aromatic rings. The molecule has 0 atom stereocenters. The van der Waals surface area contributed by atoms with Crippen molar-refractivity contribution in [3.8, 4) is 0 Å². The molecule has 0 rings (SSSR count). The van der Waals surface area contributed by atoms with Gasteiger partial charge in [-0.1, -0.05) is 20.8 Å². The average Bonchev–Trinajstić information content (AvgIpc) is 2.51. The topological polar surface area (TPSA) is 99.5 Å². The smallest absolute Gasteiger partial charge is 0 e. The first-order valence-electron chi connectivity index (χ1n) is 4.09. The van der Waals surface area contributed by atoms with Gasteiger partial charge < -0.3 is 0 Å². The Balaban J connectivity index is -0.0000000189. The third-order valence-electron chi connectivity index (χ3n) is 1.34. The molecule has 18 heavy (non-hydrogen) atoms. The van der Waals surface area contributed by atoms with Crippen molar-refractivity contribution >= 4 is 7.92 Å². The second-order valence-electron chi connectivity index (χ2n) is 1.62. The van der Waals surface area contributed by atoms with Crippen LogP contribution in [0, 0.1) is 33.3 Å². The Morgan fingerprint density at radius 3 is 0.667 bits per heavy atom. The van der Waals surface area contributed by atoms with Gasteiger partial charge in [-0.15, -0.1) is 7.92 Å². The standard InChI is InChI=1S/C6H15P.5CO.Cr/c1-4-7(5-2)6-3;5*1-2;/h4-6H2,1-3H3;;;;;;. The molecule has 0 fully saturated rings. The molecule has 0 unspecified atom stereocenters. The van der Waals surface area contributed by atoms with Gasteiger partial charge in [-0.05, 0) is 18.5 Å². The minimum atomic E-state index is 0. The maximum atomic E-state index is 7.50. The summed E-state index contributed by atoms with van der Waals surface area (Å²) in [5.41, 5.74) is 0. The van der Waals surface area contributed by atoms with Gasteiger partial charge in [-0.2, -0.15) is 0 Å². The van der Waals surface area contributed by atoms with Crippen LogP contribution in [0.4, 0.5) is 0 Å². The van der Waals surface area contributed by atoms with Gasteiger partial charge >= 0.3 is 56.5 Å². The Labute approximate surface area is 121 Å². The van der Waals surface area contributed by atoms with Gasteiger partial charge in [-0.3, -0.25) is 0 Å². The van der Waals surface area contributed by atoms with E-state index in [0.29, 0.717) is 7.92 Å². The molecule has 0 saturated carbocycles. The van der Waals surface area contributed by atoms with Gasteiger partial charge in [0.15, 0.2) is 0 Å². The van der Waals surface area contributed by atoms with Gasteiger partial charge in [0.25, 0.3) is 0 Å². The third-order valence-corrected chi connectivity index (χ3v) is 4.02. The molecule has 0 aromatic carbocycles. The summed E-state index contributed by atoms with van der Waals surface area (Å²) in [6.07, 6.45) is 4.26. The Morgan fingerprint density at radius 1 is 0.556 bits per heavy atom. The van der Waals surface area contributed by atoms with E-state index in [1.807, 2.05) is 0 Å². The molecule has 0 spiro atoms. The van der Waals surface area contributed by atoms with Crippen molar-refractivity contribution in [2.75, 3.05) is 18.5 Å². The van der Waals surface area contributed by atoms with E-state index in [9.17, 15) is 0 Å².